The van der Waals surface area contributed by atoms with Crippen molar-refractivity contribution in [3.05, 3.63) is 30.3 Å². The second-order valence-electron chi connectivity index (χ2n) is 4.24. The Labute approximate surface area is 95.4 Å². The highest BCUT2D eigenvalue weighted by molar-refractivity contribution is 7.92. The summed E-state index contributed by atoms with van der Waals surface area (Å²) in [6, 6.07) is 8.33. The molecule has 1 aromatic carbocycles. The summed E-state index contributed by atoms with van der Waals surface area (Å²) in [5.41, 5.74) is 0. The fourth-order valence-corrected chi connectivity index (χ4v) is 4.03. The van der Waals surface area contributed by atoms with E-state index in [1.165, 1.54) is 0 Å². The molecule has 2 atom stereocenters. The van der Waals surface area contributed by atoms with Gasteiger partial charge in [-0.25, -0.2) is 12.8 Å². The van der Waals surface area contributed by atoms with E-state index in [1.807, 2.05) is 0 Å². The van der Waals surface area contributed by atoms with Crippen LogP contribution in [0.2, 0.25) is 0 Å². The molecule has 0 heterocycles. The minimum absolute atomic E-state index is 0.150. The molecule has 0 amide bonds. The standard InChI is InChI=1S/C12H15FO2S/c13-10-5-4-8-12(9-10)16(14,15)11-6-2-1-3-7-11/h1-3,6-7,10,12H,4-5,8-9H2. The lowest BCUT2D eigenvalue weighted by Gasteiger charge is -2.24. The predicted molar refractivity (Wildman–Crippen MR) is 60.8 cm³/mol. The summed E-state index contributed by atoms with van der Waals surface area (Å²) in [5, 5.41) is -0.543. The number of hydrogen-bond donors (Lipinski definition) is 0. The average molecular weight is 242 g/mol. The van der Waals surface area contributed by atoms with Crippen LogP contribution in [0.1, 0.15) is 25.7 Å². The molecule has 0 aliphatic heterocycles. The first-order chi connectivity index (χ1) is 7.60. The first kappa shape index (κ1) is 11.6. The number of halogens is 1. The van der Waals surface area contributed by atoms with Crippen molar-refractivity contribution in [2.45, 2.75) is 42.0 Å². The van der Waals surface area contributed by atoms with Crippen LogP contribution in [-0.4, -0.2) is 19.8 Å². The van der Waals surface area contributed by atoms with Crippen LogP contribution in [0.15, 0.2) is 35.2 Å². The Morgan fingerprint density at radius 3 is 2.44 bits per heavy atom. The molecule has 0 radical (unpaired) electrons. The number of rotatable bonds is 2. The third-order valence-electron chi connectivity index (χ3n) is 3.07. The van der Waals surface area contributed by atoms with Crippen LogP contribution in [0.3, 0.4) is 0 Å². The fourth-order valence-electron chi connectivity index (χ4n) is 2.17. The van der Waals surface area contributed by atoms with E-state index in [4.69, 9.17) is 0 Å². The molecule has 1 aliphatic rings. The Bertz CT molecular complexity index is 441. The molecule has 0 saturated heterocycles. The Balaban J connectivity index is 2.26. The van der Waals surface area contributed by atoms with Crippen molar-refractivity contribution < 1.29 is 12.8 Å². The van der Waals surface area contributed by atoms with Gasteiger partial charge in [-0.1, -0.05) is 18.2 Å². The van der Waals surface area contributed by atoms with E-state index in [0.29, 0.717) is 24.2 Å². The Morgan fingerprint density at radius 1 is 1.12 bits per heavy atom. The van der Waals surface area contributed by atoms with Crippen molar-refractivity contribution in [2.24, 2.45) is 0 Å². The Morgan fingerprint density at radius 2 is 1.81 bits per heavy atom. The smallest absolute Gasteiger partial charge is 0.181 e. The summed E-state index contributed by atoms with van der Waals surface area (Å²) < 4.78 is 37.5. The van der Waals surface area contributed by atoms with Gasteiger partial charge in [0.15, 0.2) is 9.84 Å². The minimum atomic E-state index is -3.33. The van der Waals surface area contributed by atoms with E-state index in [-0.39, 0.29) is 6.42 Å². The van der Waals surface area contributed by atoms with Crippen molar-refractivity contribution in [2.75, 3.05) is 0 Å². The first-order valence-electron chi connectivity index (χ1n) is 5.54. The lowest BCUT2D eigenvalue weighted by molar-refractivity contribution is 0.252. The highest BCUT2D eigenvalue weighted by atomic mass is 32.2. The van der Waals surface area contributed by atoms with Gasteiger partial charge in [-0.05, 0) is 37.8 Å². The molecule has 88 valence electrons. The summed E-state index contributed by atoms with van der Waals surface area (Å²) in [7, 11) is -3.33. The maximum Gasteiger partial charge on any atom is 0.181 e. The van der Waals surface area contributed by atoms with Crippen LogP contribution in [-0.2, 0) is 9.84 Å². The van der Waals surface area contributed by atoms with Crippen molar-refractivity contribution in [1.82, 2.24) is 0 Å². The van der Waals surface area contributed by atoms with Gasteiger partial charge < -0.3 is 0 Å². The zero-order chi connectivity index (χ0) is 11.6. The summed E-state index contributed by atoms with van der Waals surface area (Å²) in [6.07, 6.45) is 0.936. The largest absolute Gasteiger partial charge is 0.247 e. The van der Waals surface area contributed by atoms with Gasteiger partial charge in [0, 0.05) is 0 Å². The molecule has 1 saturated carbocycles. The van der Waals surface area contributed by atoms with Gasteiger partial charge in [0.1, 0.15) is 6.17 Å². The van der Waals surface area contributed by atoms with Crippen LogP contribution in [0, 0.1) is 0 Å². The van der Waals surface area contributed by atoms with Gasteiger partial charge in [0.25, 0.3) is 0 Å². The monoisotopic (exact) mass is 242 g/mol. The van der Waals surface area contributed by atoms with Gasteiger partial charge in [-0.2, -0.15) is 0 Å². The topological polar surface area (TPSA) is 34.1 Å². The number of hydrogen-bond acceptors (Lipinski definition) is 2. The van der Waals surface area contributed by atoms with Gasteiger partial charge in [-0.3, -0.25) is 0 Å². The first-order valence-corrected chi connectivity index (χ1v) is 7.08. The molecule has 1 aliphatic carbocycles. The Kier molecular flexibility index (Phi) is 3.28. The predicted octanol–water partition coefficient (Wildman–Crippen LogP) is 2.74. The van der Waals surface area contributed by atoms with E-state index in [2.05, 4.69) is 0 Å². The van der Waals surface area contributed by atoms with Crippen molar-refractivity contribution in [3.8, 4) is 0 Å². The van der Waals surface area contributed by atoms with E-state index in [9.17, 15) is 12.8 Å². The normalized spacial score (nSPS) is 26.6. The number of alkyl halides is 1. The molecule has 16 heavy (non-hydrogen) atoms. The van der Waals surface area contributed by atoms with E-state index >= 15 is 0 Å². The van der Waals surface area contributed by atoms with Gasteiger partial charge >= 0.3 is 0 Å². The molecular formula is C12H15FO2S. The van der Waals surface area contributed by atoms with Crippen LogP contribution >= 0.6 is 0 Å². The molecule has 2 unspecified atom stereocenters. The zero-order valence-electron chi connectivity index (χ0n) is 8.97. The number of sulfone groups is 1. The zero-order valence-corrected chi connectivity index (χ0v) is 9.79. The molecule has 0 aromatic heterocycles. The summed E-state index contributed by atoms with van der Waals surface area (Å²) >= 11 is 0. The summed E-state index contributed by atoms with van der Waals surface area (Å²) in [4.78, 5) is 0.314. The summed E-state index contributed by atoms with van der Waals surface area (Å²) in [6.45, 7) is 0. The summed E-state index contributed by atoms with van der Waals surface area (Å²) in [5.74, 6) is 0. The molecule has 0 spiro atoms. The quantitative estimate of drug-likeness (QED) is 0.799. The lowest BCUT2D eigenvalue weighted by Crippen LogP contribution is -2.29. The fraction of sp³-hybridized carbons (Fsp3) is 0.500. The maximum absolute atomic E-state index is 13.2. The van der Waals surface area contributed by atoms with Crippen molar-refractivity contribution in [3.63, 3.8) is 0 Å². The van der Waals surface area contributed by atoms with Crippen LogP contribution in [0.5, 0.6) is 0 Å². The molecule has 0 N–H and O–H groups in total. The van der Waals surface area contributed by atoms with E-state index < -0.39 is 21.3 Å². The van der Waals surface area contributed by atoms with Crippen molar-refractivity contribution >= 4 is 9.84 Å². The van der Waals surface area contributed by atoms with Gasteiger partial charge in [0.05, 0.1) is 10.1 Å². The lowest BCUT2D eigenvalue weighted by atomic mass is 9.98. The number of benzene rings is 1. The van der Waals surface area contributed by atoms with Crippen LogP contribution in [0.4, 0.5) is 4.39 Å². The van der Waals surface area contributed by atoms with Crippen LogP contribution in [0.25, 0.3) is 0 Å². The maximum atomic E-state index is 13.2. The van der Waals surface area contributed by atoms with Crippen molar-refractivity contribution in [1.29, 1.82) is 0 Å². The third kappa shape index (κ3) is 2.26. The molecule has 4 heteroatoms. The Hall–Kier alpha value is -0.900. The third-order valence-corrected chi connectivity index (χ3v) is 5.31. The van der Waals surface area contributed by atoms with E-state index in [1.54, 1.807) is 30.3 Å². The van der Waals surface area contributed by atoms with Gasteiger partial charge in [-0.15, -0.1) is 0 Å². The molecule has 1 fully saturated rings. The molecule has 2 nitrogen and oxygen atoms in total. The minimum Gasteiger partial charge on any atom is -0.247 e. The highest BCUT2D eigenvalue weighted by Gasteiger charge is 2.32. The average Bonchev–Trinajstić information content (AvgIpc) is 2.30. The van der Waals surface area contributed by atoms with Crippen LogP contribution < -0.4 is 0 Å². The highest BCUT2D eigenvalue weighted by Crippen LogP contribution is 2.29. The molecule has 1 aromatic rings. The second kappa shape index (κ2) is 4.53. The second-order valence-corrected chi connectivity index (χ2v) is 6.47. The van der Waals surface area contributed by atoms with E-state index in [0.717, 1.165) is 0 Å². The SMILES string of the molecule is O=S(=O)(c1ccccc1)C1CCCC(F)C1. The molecule has 0 bridgehead atoms. The van der Waals surface area contributed by atoms with Gasteiger partial charge in [0.2, 0.25) is 0 Å². The molecule has 2 rings (SSSR count). The molecular weight excluding hydrogens is 227 g/mol.